The van der Waals surface area contributed by atoms with Gasteiger partial charge in [0, 0.05) is 42.0 Å². The first-order valence-corrected chi connectivity index (χ1v) is 8.76. The topological polar surface area (TPSA) is 66.7 Å². The van der Waals surface area contributed by atoms with Crippen molar-refractivity contribution < 1.29 is 5.11 Å². The number of benzene rings is 2. The summed E-state index contributed by atoms with van der Waals surface area (Å²) < 4.78 is 0. The first kappa shape index (κ1) is 16.4. The van der Waals surface area contributed by atoms with Crippen molar-refractivity contribution in [3.63, 3.8) is 0 Å². The zero-order valence-electron chi connectivity index (χ0n) is 14.4. The van der Waals surface area contributed by atoms with Gasteiger partial charge in [-0.15, -0.1) is 0 Å². The van der Waals surface area contributed by atoms with E-state index in [2.05, 4.69) is 20.8 Å². The molecule has 0 atom stereocenters. The Hall–Kier alpha value is -3.10. The predicted molar refractivity (Wildman–Crippen MR) is 105 cm³/mol. The van der Waals surface area contributed by atoms with E-state index in [1.165, 1.54) is 0 Å². The number of hydrogen-bond acceptors (Lipinski definition) is 4. The minimum atomic E-state index is 0.0243. The number of nitrogens with two attached hydrogens (primary N) is 1. The number of phenolic OH excluding ortho intramolecular Hbond substituents is 1. The van der Waals surface area contributed by atoms with Crippen molar-refractivity contribution in [3.05, 3.63) is 60.1 Å². The van der Waals surface area contributed by atoms with Crippen molar-refractivity contribution in [2.45, 2.75) is 18.9 Å². The summed E-state index contributed by atoms with van der Waals surface area (Å²) >= 11 is 0. The average Bonchev–Trinajstić information content (AvgIpc) is 2.68. The summed E-state index contributed by atoms with van der Waals surface area (Å²) in [6.07, 6.45) is 3.80. The van der Waals surface area contributed by atoms with Gasteiger partial charge in [0.05, 0.1) is 12.1 Å². The van der Waals surface area contributed by atoms with Gasteiger partial charge in [0.1, 0.15) is 5.75 Å². The molecule has 0 unspecified atom stereocenters. The van der Waals surface area contributed by atoms with Crippen LogP contribution in [0.25, 0.3) is 26.9 Å². The summed E-state index contributed by atoms with van der Waals surface area (Å²) in [5, 5.41) is 11.5. The summed E-state index contributed by atoms with van der Waals surface area (Å²) in [6, 6.07) is 13.5. The maximum atomic E-state index is 10.4. The Kier molecular flexibility index (Phi) is 4.19. The van der Waals surface area contributed by atoms with Crippen molar-refractivity contribution in [3.8, 4) is 16.9 Å². The molecule has 1 aromatic heterocycles. The minimum absolute atomic E-state index is 0.0243. The Bertz CT molecular complexity index is 1000. The van der Waals surface area contributed by atoms with Crippen molar-refractivity contribution in [1.29, 1.82) is 0 Å². The summed E-state index contributed by atoms with van der Waals surface area (Å²) in [5.74, 6) is 0.0243. The van der Waals surface area contributed by atoms with Crippen LogP contribution >= 0.6 is 0 Å². The second-order valence-corrected chi connectivity index (χ2v) is 6.67. The largest absolute Gasteiger partial charge is 0.518 e. The number of phenols is 1. The number of hydrogen-bond donors (Lipinski definition) is 2. The lowest BCUT2D eigenvalue weighted by Gasteiger charge is -2.32. The van der Waals surface area contributed by atoms with Gasteiger partial charge in [-0.1, -0.05) is 24.3 Å². The molecule has 3 aromatic rings. The smallest absolute Gasteiger partial charge is 0.228 e. The van der Waals surface area contributed by atoms with E-state index in [4.69, 9.17) is 12.3 Å². The van der Waals surface area contributed by atoms with Gasteiger partial charge in [0.2, 0.25) is 5.69 Å². The lowest BCUT2D eigenvalue weighted by molar-refractivity contribution is 0.480. The van der Waals surface area contributed by atoms with E-state index in [9.17, 15) is 5.11 Å². The molecule has 5 heteroatoms. The predicted octanol–water partition coefficient (Wildman–Crippen LogP) is 4.09. The van der Waals surface area contributed by atoms with E-state index < -0.39 is 0 Å². The van der Waals surface area contributed by atoms with Crippen LogP contribution in [0.1, 0.15) is 12.8 Å². The Morgan fingerprint density at radius 3 is 2.73 bits per heavy atom. The number of anilines is 1. The van der Waals surface area contributed by atoms with Crippen LogP contribution in [-0.2, 0) is 0 Å². The number of nitrogens with zero attached hydrogens (tertiary/aromatic N) is 3. The van der Waals surface area contributed by atoms with E-state index >= 15 is 0 Å². The molecule has 3 N–H and O–H groups in total. The lowest BCUT2D eigenvalue weighted by Crippen LogP contribution is -2.39. The number of aromatic hydroxyl groups is 1. The van der Waals surface area contributed by atoms with Gasteiger partial charge in [-0.05, 0) is 36.6 Å². The van der Waals surface area contributed by atoms with E-state index in [-0.39, 0.29) is 17.5 Å². The number of para-hydroxylation sites is 1. The van der Waals surface area contributed by atoms with Crippen LogP contribution in [0.5, 0.6) is 5.75 Å². The number of aromatic nitrogens is 1. The van der Waals surface area contributed by atoms with Crippen molar-refractivity contribution in [2.24, 2.45) is 5.73 Å². The summed E-state index contributed by atoms with van der Waals surface area (Å²) in [7, 11) is 0. The van der Waals surface area contributed by atoms with E-state index in [1.54, 1.807) is 12.1 Å². The van der Waals surface area contributed by atoms with Gasteiger partial charge in [0.25, 0.3) is 0 Å². The van der Waals surface area contributed by atoms with Gasteiger partial charge in [-0.3, -0.25) is 4.98 Å². The van der Waals surface area contributed by atoms with Crippen molar-refractivity contribution >= 4 is 22.3 Å². The number of rotatable bonds is 2. The molecule has 0 aliphatic carbocycles. The van der Waals surface area contributed by atoms with Crippen LogP contribution < -0.4 is 10.6 Å². The van der Waals surface area contributed by atoms with E-state index in [0.717, 1.165) is 48.1 Å². The fourth-order valence-electron chi connectivity index (χ4n) is 3.57. The molecule has 5 nitrogen and oxygen atoms in total. The van der Waals surface area contributed by atoms with Gasteiger partial charge < -0.3 is 15.7 Å². The molecule has 0 amide bonds. The quantitative estimate of drug-likeness (QED) is 0.687. The van der Waals surface area contributed by atoms with Gasteiger partial charge in [-0.25, -0.2) is 4.85 Å². The number of fused-ring (bicyclic) bond motifs is 1. The fourth-order valence-corrected chi connectivity index (χ4v) is 3.57. The van der Waals surface area contributed by atoms with Crippen LogP contribution in [0.15, 0.2) is 48.7 Å². The molecular formula is C21H20N4O. The zero-order valence-corrected chi connectivity index (χ0v) is 14.4. The molecule has 0 bridgehead atoms. The molecule has 0 saturated carbocycles. The molecule has 0 spiro atoms. The van der Waals surface area contributed by atoms with Gasteiger partial charge >= 0.3 is 0 Å². The average molecular weight is 344 g/mol. The van der Waals surface area contributed by atoms with Crippen LogP contribution in [0, 0.1) is 6.57 Å². The van der Waals surface area contributed by atoms with Crippen molar-refractivity contribution in [1.82, 2.24) is 4.98 Å². The second kappa shape index (κ2) is 6.66. The highest BCUT2D eigenvalue weighted by molar-refractivity contribution is 5.95. The third kappa shape index (κ3) is 2.85. The van der Waals surface area contributed by atoms with Crippen LogP contribution in [-0.4, -0.2) is 29.2 Å². The third-order valence-corrected chi connectivity index (χ3v) is 5.05. The monoisotopic (exact) mass is 344 g/mol. The molecule has 1 aliphatic rings. The standard InChI is InChI=1S/C21H20N4O/c1-23-19-4-2-3-16(21(19)26)14-5-6-18-17(13-14)20(7-10-24-18)25-11-8-15(22)9-12-25/h2-7,10,13,15,26H,8-9,11-12,22H2. The molecule has 2 heterocycles. The Balaban J connectivity index is 1.82. The molecule has 1 fully saturated rings. The molecular weight excluding hydrogens is 324 g/mol. The normalized spacial score (nSPS) is 15.2. The molecule has 4 rings (SSSR count). The Morgan fingerprint density at radius 2 is 1.96 bits per heavy atom. The highest BCUT2D eigenvalue weighted by Gasteiger charge is 2.19. The van der Waals surface area contributed by atoms with E-state index in [1.807, 2.05) is 30.5 Å². The summed E-state index contributed by atoms with van der Waals surface area (Å²) in [4.78, 5) is 10.2. The van der Waals surface area contributed by atoms with Gasteiger partial charge in [0.15, 0.2) is 0 Å². The maximum Gasteiger partial charge on any atom is 0.228 e. The molecule has 1 saturated heterocycles. The first-order valence-electron chi connectivity index (χ1n) is 8.76. The highest BCUT2D eigenvalue weighted by Crippen LogP contribution is 2.39. The SMILES string of the molecule is [C-]#[N+]c1cccc(-c2ccc3nccc(N4CCC(N)CC4)c3c2)c1O. The summed E-state index contributed by atoms with van der Waals surface area (Å²) in [5.41, 5.74) is 9.91. The zero-order chi connectivity index (χ0) is 18.1. The van der Waals surface area contributed by atoms with Gasteiger partial charge in [-0.2, -0.15) is 0 Å². The second-order valence-electron chi connectivity index (χ2n) is 6.67. The molecule has 1 aliphatic heterocycles. The number of pyridine rings is 1. The number of piperidine rings is 1. The van der Waals surface area contributed by atoms with Crippen LogP contribution in [0.4, 0.5) is 11.4 Å². The summed E-state index contributed by atoms with van der Waals surface area (Å²) in [6.45, 7) is 9.06. The third-order valence-electron chi connectivity index (χ3n) is 5.05. The first-order chi connectivity index (χ1) is 12.7. The fraction of sp³-hybridized carbons (Fsp3) is 0.238. The highest BCUT2D eigenvalue weighted by atomic mass is 16.3. The van der Waals surface area contributed by atoms with Crippen LogP contribution in [0.2, 0.25) is 0 Å². The van der Waals surface area contributed by atoms with E-state index in [0.29, 0.717) is 5.56 Å². The molecule has 2 aromatic carbocycles. The maximum absolute atomic E-state index is 10.4. The molecule has 130 valence electrons. The minimum Gasteiger partial charge on any atom is -0.518 e. The molecule has 26 heavy (non-hydrogen) atoms. The molecule has 0 radical (unpaired) electrons. The Morgan fingerprint density at radius 1 is 1.15 bits per heavy atom. The van der Waals surface area contributed by atoms with Crippen LogP contribution in [0.3, 0.4) is 0 Å². The van der Waals surface area contributed by atoms with Crippen molar-refractivity contribution in [2.75, 3.05) is 18.0 Å². The lowest BCUT2D eigenvalue weighted by atomic mass is 9.99. The Labute approximate surface area is 152 Å².